The van der Waals surface area contributed by atoms with Crippen LogP contribution in [0, 0.1) is 12.8 Å². The molecule has 1 aliphatic carbocycles. The molecular weight excluding hydrogens is 486 g/mol. The van der Waals surface area contributed by atoms with Crippen molar-refractivity contribution < 1.29 is 19.1 Å². The molecule has 3 aromatic rings. The molecule has 0 saturated heterocycles. The molecule has 1 aliphatic rings. The monoisotopic (exact) mass is 513 g/mol. The maximum Gasteiger partial charge on any atom is 0.305 e. The molecule has 1 amide bonds. The number of halogens is 1. The first-order valence-corrected chi connectivity index (χ1v) is 12.1. The first-order chi connectivity index (χ1) is 15.9. The zero-order valence-electron chi connectivity index (χ0n) is 18.6. The Hall–Kier alpha value is -2.87. The number of furan rings is 1. The fourth-order valence-electron chi connectivity index (χ4n) is 4.53. The van der Waals surface area contributed by atoms with E-state index in [1.54, 1.807) is 12.1 Å². The number of aliphatic carboxylic acids is 1. The van der Waals surface area contributed by atoms with Crippen LogP contribution in [-0.2, 0) is 4.79 Å². The van der Waals surface area contributed by atoms with E-state index in [4.69, 9.17) is 9.52 Å². The average molecular weight is 514 g/mol. The van der Waals surface area contributed by atoms with E-state index in [0.717, 1.165) is 45.6 Å². The molecule has 2 heterocycles. The van der Waals surface area contributed by atoms with Gasteiger partial charge in [0.2, 0.25) is 0 Å². The van der Waals surface area contributed by atoms with Crippen molar-refractivity contribution >= 4 is 44.6 Å². The Kier molecular flexibility index (Phi) is 7.33. The second kappa shape index (κ2) is 10.4. The van der Waals surface area contributed by atoms with Crippen molar-refractivity contribution in [3.05, 3.63) is 57.9 Å². The van der Waals surface area contributed by atoms with E-state index in [9.17, 15) is 9.59 Å². The Morgan fingerprint density at radius 2 is 1.88 bits per heavy atom. The molecular formula is C25H28BrN3O4. The van der Waals surface area contributed by atoms with E-state index >= 15 is 0 Å². The largest absolute Gasteiger partial charge is 0.481 e. The Balaban J connectivity index is 1.56. The summed E-state index contributed by atoms with van der Waals surface area (Å²) >= 11 is 3.45. The number of hydrogen-bond acceptors (Lipinski definition) is 5. The van der Waals surface area contributed by atoms with Crippen LogP contribution in [0.2, 0.25) is 0 Å². The third-order valence-electron chi connectivity index (χ3n) is 6.27. The third kappa shape index (κ3) is 5.55. The van der Waals surface area contributed by atoms with Gasteiger partial charge in [0.1, 0.15) is 15.9 Å². The number of carboxylic acids is 1. The number of hydrogen-bond donors (Lipinski definition) is 3. The molecule has 2 aromatic heterocycles. The van der Waals surface area contributed by atoms with Crippen LogP contribution in [0.5, 0.6) is 0 Å². The van der Waals surface area contributed by atoms with Crippen molar-refractivity contribution in [1.29, 1.82) is 0 Å². The second-order valence-corrected chi connectivity index (χ2v) is 9.38. The average Bonchev–Trinajstić information content (AvgIpc) is 3.13. The van der Waals surface area contributed by atoms with E-state index in [0.29, 0.717) is 11.5 Å². The summed E-state index contributed by atoms with van der Waals surface area (Å²) in [5, 5.41) is 15.0. The minimum atomic E-state index is -0.938. The number of anilines is 1. The number of aromatic nitrogens is 1. The van der Waals surface area contributed by atoms with E-state index < -0.39 is 5.97 Å². The van der Waals surface area contributed by atoms with Gasteiger partial charge >= 0.3 is 5.97 Å². The number of aryl methyl sites for hydroxylation is 1. The summed E-state index contributed by atoms with van der Waals surface area (Å²) in [6, 6.07) is 11.1. The number of fused-ring (bicyclic) bond motifs is 1. The van der Waals surface area contributed by atoms with Gasteiger partial charge in [-0.15, -0.1) is 0 Å². The zero-order valence-corrected chi connectivity index (χ0v) is 20.2. The summed E-state index contributed by atoms with van der Waals surface area (Å²) in [6.07, 6.45) is 5.85. The lowest BCUT2D eigenvalue weighted by Crippen LogP contribution is -2.26. The molecule has 4 rings (SSSR count). The highest BCUT2D eigenvalue weighted by Gasteiger charge is 2.30. The Labute approximate surface area is 201 Å². The second-order valence-electron chi connectivity index (χ2n) is 8.57. The van der Waals surface area contributed by atoms with Gasteiger partial charge in [-0.1, -0.05) is 19.3 Å². The molecule has 0 bridgehead atoms. The van der Waals surface area contributed by atoms with Gasteiger partial charge in [-0.25, -0.2) is 4.98 Å². The van der Waals surface area contributed by atoms with Crippen LogP contribution in [0.1, 0.15) is 66.2 Å². The van der Waals surface area contributed by atoms with Crippen molar-refractivity contribution in [3.63, 3.8) is 0 Å². The molecule has 7 nitrogen and oxygen atoms in total. The van der Waals surface area contributed by atoms with Crippen molar-refractivity contribution in [2.75, 3.05) is 11.9 Å². The zero-order chi connectivity index (χ0) is 23.4. The van der Waals surface area contributed by atoms with Crippen LogP contribution in [0.4, 0.5) is 5.69 Å². The van der Waals surface area contributed by atoms with Gasteiger partial charge in [-0.2, -0.15) is 0 Å². The van der Waals surface area contributed by atoms with Crippen molar-refractivity contribution in [3.8, 4) is 0 Å². The van der Waals surface area contributed by atoms with Crippen LogP contribution in [-0.4, -0.2) is 28.5 Å². The molecule has 1 aromatic carbocycles. The van der Waals surface area contributed by atoms with Crippen molar-refractivity contribution in [2.24, 2.45) is 5.92 Å². The van der Waals surface area contributed by atoms with Crippen molar-refractivity contribution in [1.82, 2.24) is 10.3 Å². The fourth-order valence-corrected chi connectivity index (χ4v) is 4.84. The summed E-state index contributed by atoms with van der Waals surface area (Å²) in [5.41, 5.74) is 4.09. The Bertz CT molecular complexity index is 1140. The van der Waals surface area contributed by atoms with E-state index in [1.165, 1.54) is 19.3 Å². The SMILES string of the molecule is Cc1c(C(Nc2ccc(C(=O)NCCC(=O)O)cc2)C2CCCCC2)oc2ccc(Br)nc12. The highest BCUT2D eigenvalue weighted by Crippen LogP contribution is 2.40. The molecule has 1 unspecified atom stereocenters. The fraction of sp³-hybridized carbons (Fsp3) is 0.400. The van der Waals surface area contributed by atoms with Crippen molar-refractivity contribution in [2.45, 2.75) is 51.5 Å². The summed E-state index contributed by atoms with van der Waals surface area (Å²) in [6.45, 7) is 2.16. The van der Waals surface area contributed by atoms with Crippen LogP contribution in [0.25, 0.3) is 11.1 Å². The molecule has 0 aliphatic heterocycles. The Morgan fingerprint density at radius 1 is 1.15 bits per heavy atom. The van der Waals surface area contributed by atoms with Crippen LogP contribution in [0.15, 0.2) is 45.4 Å². The number of pyridine rings is 1. The van der Waals surface area contributed by atoms with E-state index in [1.807, 2.05) is 24.3 Å². The smallest absolute Gasteiger partial charge is 0.305 e. The lowest BCUT2D eigenvalue weighted by molar-refractivity contribution is -0.136. The summed E-state index contributed by atoms with van der Waals surface area (Å²) in [4.78, 5) is 27.5. The molecule has 33 heavy (non-hydrogen) atoms. The van der Waals surface area contributed by atoms with Gasteiger partial charge in [0.25, 0.3) is 5.91 Å². The normalized spacial score (nSPS) is 15.3. The van der Waals surface area contributed by atoms with Gasteiger partial charge in [-0.3, -0.25) is 9.59 Å². The first-order valence-electron chi connectivity index (χ1n) is 11.3. The minimum absolute atomic E-state index is 0.00789. The maximum absolute atomic E-state index is 12.2. The number of carbonyl (C=O) groups is 2. The molecule has 1 atom stereocenters. The molecule has 0 spiro atoms. The van der Waals surface area contributed by atoms with Gasteiger partial charge in [-0.05, 0) is 78.0 Å². The topological polar surface area (TPSA) is 104 Å². The van der Waals surface area contributed by atoms with E-state index in [2.05, 4.69) is 38.5 Å². The highest BCUT2D eigenvalue weighted by atomic mass is 79.9. The summed E-state index contributed by atoms with van der Waals surface area (Å²) in [7, 11) is 0. The lowest BCUT2D eigenvalue weighted by atomic mass is 9.82. The quantitative estimate of drug-likeness (QED) is 0.327. The predicted octanol–water partition coefficient (Wildman–Crippen LogP) is 5.84. The molecule has 3 N–H and O–H groups in total. The predicted molar refractivity (Wildman–Crippen MR) is 130 cm³/mol. The molecule has 1 saturated carbocycles. The van der Waals surface area contributed by atoms with Gasteiger partial charge in [0.15, 0.2) is 5.58 Å². The number of nitrogens with zero attached hydrogens (tertiary/aromatic N) is 1. The standard InChI is InChI=1S/C25H28BrN3O4/c1-15-22-19(11-12-20(26)29-22)33-24(15)23(16-5-3-2-4-6-16)28-18-9-7-17(8-10-18)25(32)27-14-13-21(30)31/h7-12,16,23,28H,2-6,13-14H2,1H3,(H,27,32)(H,30,31). The number of carbonyl (C=O) groups excluding carboxylic acids is 1. The highest BCUT2D eigenvalue weighted by molar-refractivity contribution is 9.10. The van der Waals surface area contributed by atoms with Gasteiger partial charge in [0.05, 0.1) is 12.5 Å². The van der Waals surface area contributed by atoms with E-state index in [-0.39, 0.29) is 24.9 Å². The summed E-state index contributed by atoms with van der Waals surface area (Å²) in [5.74, 6) is 0.141. The van der Waals surface area contributed by atoms with Crippen LogP contribution in [0.3, 0.4) is 0 Å². The molecule has 8 heteroatoms. The lowest BCUT2D eigenvalue weighted by Gasteiger charge is -2.31. The number of nitrogens with one attached hydrogen (secondary N) is 2. The number of rotatable bonds is 8. The van der Waals surface area contributed by atoms with Gasteiger partial charge < -0.3 is 20.2 Å². The Morgan fingerprint density at radius 3 is 2.58 bits per heavy atom. The van der Waals surface area contributed by atoms with Crippen LogP contribution < -0.4 is 10.6 Å². The maximum atomic E-state index is 12.2. The molecule has 0 radical (unpaired) electrons. The number of amides is 1. The minimum Gasteiger partial charge on any atom is -0.481 e. The number of carboxylic acid groups (broad SMARTS) is 1. The third-order valence-corrected chi connectivity index (χ3v) is 6.71. The first kappa shape index (κ1) is 23.3. The van der Waals surface area contributed by atoms with Gasteiger partial charge in [0, 0.05) is 23.4 Å². The molecule has 174 valence electrons. The summed E-state index contributed by atoms with van der Waals surface area (Å²) < 4.78 is 7.09. The van der Waals surface area contributed by atoms with Crippen LogP contribution >= 0.6 is 15.9 Å². The molecule has 1 fully saturated rings. The number of benzene rings is 1.